The van der Waals surface area contributed by atoms with Crippen molar-refractivity contribution in [1.82, 2.24) is 10.3 Å². The highest BCUT2D eigenvalue weighted by Crippen LogP contribution is 2.38. The summed E-state index contributed by atoms with van der Waals surface area (Å²) in [4.78, 5) is 4.23. The van der Waals surface area contributed by atoms with Crippen molar-refractivity contribution in [2.24, 2.45) is 0 Å². The van der Waals surface area contributed by atoms with E-state index in [9.17, 15) is 0 Å². The molecule has 0 amide bonds. The number of methoxy groups -OCH3 is 1. The summed E-state index contributed by atoms with van der Waals surface area (Å²) in [5.41, 5.74) is 1.14. The lowest BCUT2D eigenvalue weighted by molar-refractivity contribution is 0.371. The van der Waals surface area contributed by atoms with Crippen molar-refractivity contribution in [3.05, 3.63) is 23.9 Å². The number of hydrogen-bond donors (Lipinski definition) is 1. The van der Waals surface area contributed by atoms with Crippen LogP contribution in [0.4, 0.5) is 0 Å². The van der Waals surface area contributed by atoms with Gasteiger partial charge in [-0.3, -0.25) is 0 Å². The molecule has 3 nitrogen and oxygen atoms in total. The monoisotopic (exact) mass is 280 g/mol. The summed E-state index contributed by atoms with van der Waals surface area (Å²) < 4.78 is 5.72. The van der Waals surface area contributed by atoms with Crippen LogP contribution in [0.5, 0.6) is 5.88 Å². The first kappa shape index (κ1) is 14.7. The molecule has 1 heterocycles. The van der Waals surface area contributed by atoms with E-state index in [1.165, 1.54) is 32.1 Å². The minimum atomic E-state index is 0.438. The molecule has 1 aromatic rings. The van der Waals surface area contributed by atoms with Crippen LogP contribution in [0.2, 0.25) is 0 Å². The van der Waals surface area contributed by atoms with E-state index in [2.05, 4.69) is 22.6 Å². The van der Waals surface area contributed by atoms with Gasteiger partial charge < -0.3 is 10.1 Å². The minimum absolute atomic E-state index is 0.438. The van der Waals surface area contributed by atoms with E-state index in [4.69, 9.17) is 4.74 Å². The second-order valence-electron chi connectivity index (χ2n) is 5.22. The molecule has 0 unspecified atom stereocenters. The molecule has 0 radical (unpaired) electrons. The summed E-state index contributed by atoms with van der Waals surface area (Å²) in [7, 11) is 1.68. The highest BCUT2D eigenvalue weighted by molar-refractivity contribution is 8.00. The van der Waals surface area contributed by atoms with Gasteiger partial charge >= 0.3 is 0 Å². The molecule has 0 atom stereocenters. The smallest absolute Gasteiger partial charge is 0.217 e. The SMILES string of the molecule is COc1ncccc1CNCC1(SC)CCCCC1. The number of thioether (sulfide) groups is 1. The first-order chi connectivity index (χ1) is 9.29. The molecular formula is C15H24N2OS. The standard InChI is InChI=1S/C15H24N2OS/c1-18-14-13(7-6-10-17-14)11-16-12-15(19-2)8-4-3-5-9-15/h6-7,10,16H,3-5,8-9,11-12H2,1-2H3. The Morgan fingerprint density at radius 2 is 2.16 bits per heavy atom. The first-order valence-corrected chi connectivity index (χ1v) is 8.26. The Labute approximate surface area is 120 Å². The maximum absolute atomic E-state index is 5.28. The number of aromatic nitrogens is 1. The summed E-state index contributed by atoms with van der Waals surface area (Å²) in [5, 5.41) is 3.60. The van der Waals surface area contributed by atoms with E-state index in [0.717, 1.165) is 24.5 Å². The molecule has 1 fully saturated rings. The number of hydrogen-bond acceptors (Lipinski definition) is 4. The second-order valence-corrected chi connectivity index (χ2v) is 6.50. The normalized spacial score (nSPS) is 18.2. The zero-order valence-corrected chi connectivity index (χ0v) is 12.8. The van der Waals surface area contributed by atoms with Crippen LogP contribution in [0, 0.1) is 0 Å². The molecule has 1 saturated carbocycles. The second kappa shape index (κ2) is 7.15. The Hall–Kier alpha value is -0.740. The van der Waals surface area contributed by atoms with Gasteiger partial charge in [-0.15, -0.1) is 0 Å². The fourth-order valence-corrected chi connectivity index (χ4v) is 3.76. The third-order valence-corrected chi connectivity index (χ3v) is 5.42. The number of rotatable bonds is 6. The van der Waals surface area contributed by atoms with Gasteiger partial charge in [0, 0.05) is 29.6 Å². The largest absolute Gasteiger partial charge is 0.481 e. The molecule has 0 saturated heterocycles. The Bertz CT molecular complexity index is 391. The molecule has 1 aliphatic carbocycles. The van der Waals surface area contributed by atoms with Crippen LogP contribution in [0.3, 0.4) is 0 Å². The van der Waals surface area contributed by atoms with Crippen molar-refractivity contribution in [1.29, 1.82) is 0 Å². The topological polar surface area (TPSA) is 34.1 Å². The van der Waals surface area contributed by atoms with Crippen LogP contribution in [0.15, 0.2) is 18.3 Å². The molecule has 0 aromatic carbocycles. The van der Waals surface area contributed by atoms with Crippen LogP contribution >= 0.6 is 11.8 Å². The fraction of sp³-hybridized carbons (Fsp3) is 0.667. The Kier molecular flexibility index (Phi) is 5.52. The van der Waals surface area contributed by atoms with E-state index in [1.54, 1.807) is 13.3 Å². The molecule has 1 N–H and O–H groups in total. The van der Waals surface area contributed by atoms with E-state index >= 15 is 0 Å². The molecule has 4 heteroatoms. The highest BCUT2D eigenvalue weighted by Gasteiger charge is 2.30. The molecule has 1 aliphatic rings. The van der Waals surface area contributed by atoms with Crippen molar-refractivity contribution in [2.45, 2.75) is 43.4 Å². The average Bonchev–Trinajstić information content (AvgIpc) is 2.49. The van der Waals surface area contributed by atoms with Crippen LogP contribution < -0.4 is 10.1 Å². The Morgan fingerprint density at radius 3 is 2.84 bits per heavy atom. The van der Waals surface area contributed by atoms with E-state index < -0.39 is 0 Å². The lowest BCUT2D eigenvalue weighted by Crippen LogP contribution is -2.39. The lowest BCUT2D eigenvalue weighted by Gasteiger charge is -2.36. The van der Waals surface area contributed by atoms with Crippen molar-refractivity contribution < 1.29 is 4.74 Å². The van der Waals surface area contributed by atoms with Gasteiger partial charge in [0.1, 0.15) is 0 Å². The maximum Gasteiger partial charge on any atom is 0.217 e. The molecule has 19 heavy (non-hydrogen) atoms. The predicted octanol–water partition coefficient (Wildman–Crippen LogP) is 3.25. The zero-order valence-electron chi connectivity index (χ0n) is 11.9. The minimum Gasteiger partial charge on any atom is -0.481 e. The summed E-state index contributed by atoms with van der Waals surface area (Å²) in [6.45, 7) is 1.91. The van der Waals surface area contributed by atoms with Gasteiger partial charge in [-0.1, -0.05) is 25.3 Å². The molecule has 0 spiro atoms. The Morgan fingerprint density at radius 1 is 1.37 bits per heavy atom. The lowest BCUT2D eigenvalue weighted by atomic mass is 9.88. The third-order valence-electron chi connectivity index (χ3n) is 4.00. The van der Waals surface area contributed by atoms with Gasteiger partial charge in [0.25, 0.3) is 0 Å². The average molecular weight is 280 g/mol. The molecule has 106 valence electrons. The number of nitrogens with zero attached hydrogens (tertiary/aromatic N) is 1. The van der Waals surface area contributed by atoms with E-state index in [-0.39, 0.29) is 0 Å². The summed E-state index contributed by atoms with van der Waals surface area (Å²) in [6, 6.07) is 4.04. The number of ether oxygens (including phenoxy) is 1. The van der Waals surface area contributed by atoms with Gasteiger partial charge in [-0.2, -0.15) is 11.8 Å². The van der Waals surface area contributed by atoms with Crippen molar-refractivity contribution in [3.8, 4) is 5.88 Å². The van der Waals surface area contributed by atoms with Crippen LogP contribution in [0.25, 0.3) is 0 Å². The zero-order chi connectivity index (χ0) is 13.6. The van der Waals surface area contributed by atoms with Gasteiger partial charge in [-0.05, 0) is 25.2 Å². The molecule has 2 rings (SSSR count). The molecular weight excluding hydrogens is 256 g/mol. The number of pyridine rings is 1. The van der Waals surface area contributed by atoms with Gasteiger partial charge in [-0.25, -0.2) is 4.98 Å². The molecule has 1 aromatic heterocycles. The molecule has 0 aliphatic heterocycles. The van der Waals surface area contributed by atoms with Crippen LogP contribution in [-0.4, -0.2) is 29.6 Å². The van der Waals surface area contributed by atoms with Crippen LogP contribution in [-0.2, 0) is 6.54 Å². The summed E-state index contributed by atoms with van der Waals surface area (Å²) in [5.74, 6) is 0.733. The van der Waals surface area contributed by atoms with Crippen molar-refractivity contribution in [2.75, 3.05) is 19.9 Å². The third kappa shape index (κ3) is 3.86. The van der Waals surface area contributed by atoms with E-state index in [1.807, 2.05) is 17.8 Å². The van der Waals surface area contributed by atoms with Crippen molar-refractivity contribution >= 4 is 11.8 Å². The van der Waals surface area contributed by atoms with E-state index in [0.29, 0.717) is 4.75 Å². The number of nitrogens with one attached hydrogen (secondary N) is 1. The molecule has 0 bridgehead atoms. The van der Waals surface area contributed by atoms with Gasteiger partial charge in [0.2, 0.25) is 5.88 Å². The highest BCUT2D eigenvalue weighted by atomic mass is 32.2. The van der Waals surface area contributed by atoms with Gasteiger partial charge in [0.15, 0.2) is 0 Å². The summed E-state index contributed by atoms with van der Waals surface area (Å²) in [6.07, 6.45) is 10.8. The maximum atomic E-state index is 5.28. The first-order valence-electron chi connectivity index (χ1n) is 7.03. The summed E-state index contributed by atoms with van der Waals surface area (Å²) >= 11 is 2.03. The van der Waals surface area contributed by atoms with Crippen molar-refractivity contribution in [3.63, 3.8) is 0 Å². The van der Waals surface area contributed by atoms with Crippen LogP contribution in [0.1, 0.15) is 37.7 Å². The quantitative estimate of drug-likeness (QED) is 0.867. The predicted molar refractivity (Wildman–Crippen MR) is 81.8 cm³/mol. The fourth-order valence-electron chi connectivity index (χ4n) is 2.82. The Balaban J connectivity index is 1.88. The van der Waals surface area contributed by atoms with Gasteiger partial charge in [0.05, 0.1) is 7.11 Å².